The van der Waals surface area contributed by atoms with Crippen molar-refractivity contribution in [2.75, 3.05) is 12.4 Å². The zero-order valence-electron chi connectivity index (χ0n) is 10.5. The van der Waals surface area contributed by atoms with E-state index < -0.39 is 15.3 Å². The minimum absolute atomic E-state index is 0.0749. The highest BCUT2D eigenvalue weighted by atomic mass is 32.2. The Morgan fingerprint density at radius 2 is 1.94 bits per heavy atom. The molecule has 1 aromatic rings. The van der Waals surface area contributed by atoms with Gasteiger partial charge in [0.2, 0.25) is 5.44 Å². The molecule has 1 aliphatic rings. The number of ether oxygens (including phenoxy) is 2. The number of fused-ring (bicyclic) bond motifs is 1. The second-order valence-corrected chi connectivity index (χ2v) is 6.64. The van der Waals surface area contributed by atoms with Crippen LogP contribution in [0.4, 0.5) is 0 Å². The monoisotopic (exact) mass is 270 g/mol. The first kappa shape index (κ1) is 13.2. The quantitative estimate of drug-likeness (QED) is 0.771. The summed E-state index contributed by atoms with van der Waals surface area (Å²) in [4.78, 5) is 0. The smallest absolute Gasteiger partial charge is 0.232 e. The molecule has 2 rings (SSSR count). The van der Waals surface area contributed by atoms with Gasteiger partial charge in [-0.2, -0.15) is 0 Å². The summed E-state index contributed by atoms with van der Waals surface area (Å²) in [5.74, 6) is 1.28. The maximum Gasteiger partial charge on any atom is 0.232 e. The highest BCUT2D eigenvalue weighted by Gasteiger charge is 2.31. The van der Waals surface area contributed by atoms with Crippen molar-refractivity contribution in [1.29, 1.82) is 0 Å². The number of benzene rings is 1. The van der Waals surface area contributed by atoms with Crippen molar-refractivity contribution in [2.24, 2.45) is 0 Å². The third kappa shape index (κ3) is 2.96. The Balaban J connectivity index is 2.04. The Kier molecular flexibility index (Phi) is 4.11. The first-order chi connectivity index (χ1) is 8.63. The summed E-state index contributed by atoms with van der Waals surface area (Å²) in [6, 6.07) is 7.13. The lowest BCUT2D eigenvalue weighted by Crippen LogP contribution is -2.37. The number of unbranched alkanes of at least 4 members (excludes halogenated alkanes) is 2. The van der Waals surface area contributed by atoms with Gasteiger partial charge in [0.15, 0.2) is 21.3 Å². The molecule has 0 radical (unpaired) electrons. The van der Waals surface area contributed by atoms with E-state index in [-0.39, 0.29) is 12.4 Å². The van der Waals surface area contributed by atoms with Crippen molar-refractivity contribution in [1.82, 2.24) is 0 Å². The standard InChI is InChI=1S/C13H18O4S/c1-2-3-6-9-18(14,15)13-10-16-11-7-4-5-8-12(11)17-13/h4-5,7-8,13H,2-3,6,9-10H2,1H3. The summed E-state index contributed by atoms with van der Waals surface area (Å²) in [5, 5.41) is 0. The van der Waals surface area contributed by atoms with Crippen molar-refractivity contribution in [2.45, 2.75) is 31.6 Å². The molecule has 1 atom stereocenters. The van der Waals surface area contributed by atoms with E-state index >= 15 is 0 Å². The van der Waals surface area contributed by atoms with Gasteiger partial charge in [-0.25, -0.2) is 8.42 Å². The first-order valence-electron chi connectivity index (χ1n) is 6.23. The van der Waals surface area contributed by atoms with Crippen LogP contribution in [0.25, 0.3) is 0 Å². The topological polar surface area (TPSA) is 52.6 Å². The van der Waals surface area contributed by atoms with Crippen LogP contribution in [0.3, 0.4) is 0 Å². The number of sulfone groups is 1. The van der Waals surface area contributed by atoms with E-state index in [9.17, 15) is 8.42 Å². The molecule has 1 heterocycles. The number of para-hydroxylation sites is 2. The van der Waals surface area contributed by atoms with Gasteiger partial charge >= 0.3 is 0 Å². The number of rotatable bonds is 5. The molecule has 0 bridgehead atoms. The first-order valence-corrected chi connectivity index (χ1v) is 7.95. The van der Waals surface area contributed by atoms with Crippen molar-refractivity contribution in [3.05, 3.63) is 24.3 Å². The van der Waals surface area contributed by atoms with Crippen LogP contribution < -0.4 is 9.47 Å². The average molecular weight is 270 g/mol. The molecule has 0 aromatic heterocycles. The number of hydrogen-bond donors (Lipinski definition) is 0. The molecule has 5 heteroatoms. The highest BCUT2D eigenvalue weighted by Crippen LogP contribution is 2.32. The van der Waals surface area contributed by atoms with Crippen LogP contribution in [0.2, 0.25) is 0 Å². The molecule has 18 heavy (non-hydrogen) atoms. The Labute approximate surface area is 108 Å². The fourth-order valence-electron chi connectivity index (χ4n) is 1.86. The predicted octanol–water partition coefficient (Wildman–Crippen LogP) is 2.39. The molecule has 0 spiro atoms. The molecule has 0 saturated carbocycles. The maximum absolute atomic E-state index is 12.1. The molecule has 1 unspecified atom stereocenters. The van der Waals surface area contributed by atoms with E-state index in [2.05, 4.69) is 0 Å². The van der Waals surface area contributed by atoms with Crippen molar-refractivity contribution < 1.29 is 17.9 Å². The van der Waals surface area contributed by atoms with Gasteiger partial charge in [0.1, 0.15) is 6.61 Å². The fraction of sp³-hybridized carbons (Fsp3) is 0.538. The van der Waals surface area contributed by atoms with Gasteiger partial charge in [-0.05, 0) is 18.6 Å². The van der Waals surface area contributed by atoms with Crippen LogP contribution in [0.15, 0.2) is 24.3 Å². The second-order valence-electron chi connectivity index (χ2n) is 4.38. The zero-order chi connectivity index (χ0) is 13.0. The summed E-state index contributed by atoms with van der Waals surface area (Å²) >= 11 is 0. The average Bonchev–Trinajstić information content (AvgIpc) is 2.38. The van der Waals surface area contributed by atoms with Gasteiger partial charge in [0.05, 0.1) is 5.75 Å². The molecule has 0 aliphatic carbocycles. The van der Waals surface area contributed by atoms with E-state index in [1.54, 1.807) is 18.2 Å². The second kappa shape index (κ2) is 5.61. The van der Waals surface area contributed by atoms with Gasteiger partial charge in [-0.15, -0.1) is 0 Å². The predicted molar refractivity (Wildman–Crippen MR) is 69.7 cm³/mol. The lowest BCUT2D eigenvalue weighted by molar-refractivity contribution is 0.141. The molecule has 0 fully saturated rings. The Morgan fingerprint density at radius 1 is 1.22 bits per heavy atom. The molecule has 1 aromatic carbocycles. The third-order valence-corrected chi connectivity index (χ3v) is 4.81. The Hall–Kier alpha value is -1.23. The lowest BCUT2D eigenvalue weighted by atomic mass is 10.3. The molecular formula is C13H18O4S. The van der Waals surface area contributed by atoms with Gasteiger partial charge in [-0.1, -0.05) is 31.9 Å². The highest BCUT2D eigenvalue weighted by molar-refractivity contribution is 7.91. The lowest BCUT2D eigenvalue weighted by Gasteiger charge is -2.26. The Morgan fingerprint density at radius 3 is 2.67 bits per heavy atom. The van der Waals surface area contributed by atoms with Crippen LogP contribution in [0.1, 0.15) is 26.2 Å². The number of hydrogen-bond acceptors (Lipinski definition) is 4. The molecule has 100 valence electrons. The van der Waals surface area contributed by atoms with Crippen molar-refractivity contribution in [3.8, 4) is 11.5 Å². The normalized spacial score (nSPS) is 18.6. The van der Waals surface area contributed by atoms with E-state index in [0.29, 0.717) is 17.9 Å². The largest absolute Gasteiger partial charge is 0.485 e. The van der Waals surface area contributed by atoms with E-state index in [1.807, 2.05) is 13.0 Å². The molecule has 1 aliphatic heterocycles. The molecule has 0 saturated heterocycles. The molecule has 4 nitrogen and oxygen atoms in total. The minimum atomic E-state index is -3.25. The van der Waals surface area contributed by atoms with Crippen LogP contribution in [0.5, 0.6) is 11.5 Å². The van der Waals surface area contributed by atoms with Crippen LogP contribution in [0, 0.1) is 0 Å². The maximum atomic E-state index is 12.1. The summed E-state index contributed by atoms with van der Waals surface area (Å²) in [7, 11) is -3.25. The van der Waals surface area contributed by atoms with Gasteiger partial charge in [0.25, 0.3) is 0 Å². The summed E-state index contributed by atoms with van der Waals surface area (Å²) < 4.78 is 35.1. The van der Waals surface area contributed by atoms with Crippen molar-refractivity contribution in [3.63, 3.8) is 0 Å². The fourth-order valence-corrected chi connectivity index (χ4v) is 3.26. The third-order valence-electron chi connectivity index (χ3n) is 2.92. The Bertz CT molecular complexity index is 495. The van der Waals surface area contributed by atoms with Gasteiger partial charge < -0.3 is 9.47 Å². The van der Waals surface area contributed by atoms with Gasteiger partial charge in [-0.3, -0.25) is 0 Å². The van der Waals surface area contributed by atoms with Crippen molar-refractivity contribution >= 4 is 9.84 Å². The van der Waals surface area contributed by atoms with E-state index in [0.717, 1.165) is 12.8 Å². The summed E-state index contributed by atoms with van der Waals surface area (Å²) in [6.07, 6.45) is 2.60. The summed E-state index contributed by atoms with van der Waals surface area (Å²) in [5.41, 5.74) is -0.871. The van der Waals surface area contributed by atoms with Gasteiger partial charge in [0, 0.05) is 0 Å². The molecular weight excluding hydrogens is 252 g/mol. The minimum Gasteiger partial charge on any atom is -0.485 e. The zero-order valence-corrected chi connectivity index (χ0v) is 11.3. The SMILES string of the molecule is CCCCCS(=O)(=O)C1COc2ccccc2O1. The molecule has 0 amide bonds. The summed E-state index contributed by atoms with van der Waals surface area (Å²) in [6.45, 7) is 2.12. The molecule has 0 N–H and O–H groups in total. The van der Waals surface area contributed by atoms with Crippen LogP contribution >= 0.6 is 0 Å². The van der Waals surface area contributed by atoms with Crippen LogP contribution in [-0.2, 0) is 9.84 Å². The van der Waals surface area contributed by atoms with Crippen LogP contribution in [-0.4, -0.2) is 26.2 Å². The van der Waals surface area contributed by atoms with E-state index in [1.165, 1.54) is 0 Å². The van der Waals surface area contributed by atoms with E-state index in [4.69, 9.17) is 9.47 Å².